The van der Waals surface area contributed by atoms with Gasteiger partial charge in [-0.1, -0.05) is 0 Å². The summed E-state index contributed by atoms with van der Waals surface area (Å²) in [6, 6.07) is 2.58. The molecular weight excluding hydrogens is 291 g/mol. The van der Waals surface area contributed by atoms with Crippen molar-refractivity contribution in [3.8, 4) is 0 Å². The van der Waals surface area contributed by atoms with Gasteiger partial charge in [-0.2, -0.15) is 8.70 Å². The van der Waals surface area contributed by atoms with Gasteiger partial charge in [0.15, 0.2) is 0 Å². The fourth-order valence-corrected chi connectivity index (χ4v) is 3.38. The molecule has 110 valence electrons. The maximum atomic E-state index is 13.5. The Labute approximate surface area is 115 Å². The van der Waals surface area contributed by atoms with Crippen molar-refractivity contribution in [2.24, 2.45) is 0 Å². The molecule has 2 rings (SSSR count). The third kappa shape index (κ3) is 2.94. The molecule has 7 nitrogen and oxygen atoms in total. The Morgan fingerprint density at radius 1 is 1.30 bits per heavy atom. The zero-order valence-corrected chi connectivity index (χ0v) is 11.3. The highest BCUT2D eigenvalue weighted by molar-refractivity contribution is 7.89. The number of sulfonamides is 1. The molecular formula is C11H13FN2O5S. The second kappa shape index (κ2) is 5.81. The number of ether oxygens (including phenoxy) is 1. The highest BCUT2D eigenvalue weighted by Crippen LogP contribution is 2.23. The smallest absolute Gasteiger partial charge is 0.304 e. The van der Waals surface area contributed by atoms with Crippen molar-refractivity contribution in [2.75, 3.05) is 26.3 Å². The predicted molar refractivity (Wildman–Crippen MR) is 67.2 cm³/mol. The summed E-state index contributed by atoms with van der Waals surface area (Å²) in [5, 5.41) is 10.5. The first-order valence-electron chi connectivity index (χ1n) is 5.95. The van der Waals surface area contributed by atoms with Crippen molar-refractivity contribution in [3.05, 3.63) is 34.1 Å². The first kappa shape index (κ1) is 14.8. The largest absolute Gasteiger partial charge is 0.380 e. The lowest BCUT2D eigenvalue weighted by molar-refractivity contribution is -0.387. The van der Waals surface area contributed by atoms with E-state index in [-0.39, 0.29) is 24.6 Å². The van der Waals surface area contributed by atoms with Crippen LogP contribution < -0.4 is 0 Å². The van der Waals surface area contributed by atoms with Crippen molar-refractivity contribution in [3.63, 3.8) is 0 Å². The van der Waals surface area contributed by atoms with Gasteiger partial charge < -0.3 is 4.74 Å². The zero-order chi connectivity index (χ0) is 14.8. The Morgan fingerprint density at radius 3 is 2.70 bits per heavy atom. The molecule has 0 bridgehead atoms. The van der Waals surface area contributed by atoms with E-state index in [1.807, 2.05) is 0 Å². The van der Waals surface area contributed by atoms with Crippen LogP contribution in [0.4, 0.5) is 10.1 Å². The van der Waals surface area contributed by atoms with Gasteiger partial charge in [0, 0.05) is 31.8 Å². The van der Waals surface area contributed by atoms with E-state index in [0.29, 0.717) is 19.1 Å². The molecule has 0 atom stereocenters. The zero-order valence-electron chi connectivity index (χ0n) is 10.5. The lowest BCUT2D eigenvalue weighted by Gasteiger charge is -2.19. The SMILES string of the molecule is O=[N+]([O-])c1ccc(S(=O)(=O)N2CCCOCC2)cc1F. The summed E-state index contributed by atoms with van der Waals surface area (Å²) in [4.78, 5) is 9.33. The van der Waals surface area contributed by atoms with Gasteiger partial charge in [-0.25, -0.2) is 8.42 Å². The van der Waals surface area contributed by atoms with Crippen LogP contribution in [-0.2, 0) is 14.8 Å². The van der Waals surface area contributed by atoms with Crippen LogP contribution in [-0.4, -0.2) is 43.9 Å². The highest BCUT2D eigenvalue weighted by Gasteiger charge is 2.27. The number of halogens is 1. The molecule has 1 saturated heterocycles. The van der Waals surface area contributed by atoms with Crippen LogP contribution >= 0.6 is 0 Å². The van der Waals surface area contributed by atoms with E-state index in [2.05, 4.69) is 0 Å². The molecule has 9 heteroatoms. The minimum atomic E-state index is -3.86. The molecule has 1 aliphatic heterocycles. The van der Waals surface area contributed by atoms with Gasteiger partial charge in [-0.15, -0.1) is 0 Å². The van der Waals surface area contributed by atoms with Gasteiger partial charge in [0.1, 0.15) is 0 Å². The van der Waals surface area contributed by atoms with Crippen molar-refractivity contribution >= 4 is 15.7 Å². The van der Waals surface area contributed by atoms with Gasteiger partial charge in [0.2, 0.25) is 15.8 Å². The number of nitrogens with zero attached hydrogens (tertiary/aromatic N) is 2. The van der Waals surface area contributed by atoms with Gasteiger partial charge in [0.25, 0.3) is 0 Å². The van der Waals surface area contributed by atoms with E-state index >= 15 is 0 Å². The molecule has 0 amide bonds. The molecule has 0 unspecified atom stereocenters. The quantitative estimate of drug-likeness (QED) is 0.617. The standard InChI is InChI=1S/C11H13FN2O5S/c12-10-8-9(2-3-11(10)14(15)16)20(17,18)13-4-1-6-19-7-5-13/h2-3,8H,1,4-7H2. The Hall–Kier alpha value is -1.58. The fourth-order valence-electron chi connectivity index (χ4n) is 1.91. The third-order valence-electron chi connectivity index (χ3n) is 2.93. The fraction of sp³-hybridized carbons (Fsp3) is 0.455. The van der Waals surface area contributed by atoms with Crippen LogP contribution in [0.2, 0.25) is 0 Å². The highest BCUT2D eigenvalue weighted by atomic mass is 32.2. The van der Waals surface area contributed by atoms with Gasteiger partial charge in [-0.3, -0.25) is 10.1 Å². The Kier molecular flexibility index (Phi) is 4.31. The van der Waals surface area contributed by atoms with E-state index in [4.69, 9.17) is 4.74 Å². The summed E-state index contributed by atoms with van der Waals surface area (Å²) in [6.07, 6.45) is 0.550. The number of hydrogen-bond donors (Lipinski definition) is 0. The lowest BCUT2D eigenvalue weighted by atomic mass is 10.3. The molecule has 0 saturated carbocycles. The third-order valence-corrected chi connectivity index (χ3v) is 4.83. The minimum absolute atomic E-state index is 0.181. The van der Waals surface area contributed by atoms with Gasteiger partial charge in [0.05, 0.1) is 16.4 Å². The predicted octanol–water partition coefficient (Wildman–Crippen LogP) is 1.14. The van der Waals surface area contributed by atoms with E-state index < -0.39 is 26.5 Å². The Bertz CT molecular complexity index is 611. The van der Waals surface area contributed by atoms with E-state index in [1.165, 1.54) is 4.31 Å². The summed E-state index contributed by atoms with van der Waals surface area (Å²) in [6.45, 7) is 1.21. The number of hydrogen-bond acceptors (Lipinski definition) is 5. The Balaban J connectivity index is 2.34. The first-order chi connectivity index (χ1) is 9.43. The molecule has 1 aromatic carbocycles. The number of benzene rings is 1. The van der Waals surface area contributed by atoms with Crippen molar-refractivity contribution in [1.29, 1.82) is 0 Å². The van der Waals surface area contributed by atoms with E-state index in [0.717, 1.165) is 12.1 Å². The molecule has 1 fully saturated rings. The second-order valence-corrected chi connectivity index (χ2v) is 6.18. The van der Waals surface area contributed by atoms with Crippen molar-refractivity contribution in [1.82, 2.24) is 4.31 Å². The minimum Gasteiger partial charge on any atom is -0.380 e. The number of nitro benzene ring substituents is 1. The Morgan fingerprint density at radius 2 is 2.05 bits per heavy atom. The molecule has 20 heavy (non-hydrogen) atoms. The molecule has 0 radical (unpaired) electrons. The molecule has 0 N–H and O–H groups in total. The maximum Gasteiger partial charge on any atom is 0.304 e. The molecule has 1 aromatic rings. The number of rotatable bonds is 3. The normalized spacial score (nSPS) is 17.6. The van der Waals surface area contributed by atoms with Crippen molar-refractivity contribution < 1.29 is 22.5 Å². The van der Waals surface area contributed by atoms with Crippen LogP contribution in [0.5, 0.6) is 0 Å². The molecule has 1 heterocycles. The topological polar surface area (TPSA) is 89.8 Å². The summed E-state index contributed by atoms with van der Waals surface area (Å²) in [5.74, 6) is -1.16. The average Bonchev–Trinajstić information content (AvgIpc) is 2.67. The lowest BCUT2D eigenvalue weighted by Crippen LogP contribution is -2.33. The molecule has 0 aromatic heterocycles. The second-order valence-electron chi connectivity index (χ2n) is 4.24. The van der Waals surface area contributed by atoms with Gasteiger partial charge >= 0.3 is 5.69 Å². The summed E-state index contributed by atoms with van der Waals surface area (Å²) in [5.41, 5.74) is -0.747. The van der Waals surface area contributed by atoms with Crippen molar-refractivity contribution in [2.45, 2.75) is 11.3 Å². The summed E-state index contributed by atoms with van der Waals surface area (Å²) in [7, 11) is -3.86. The van der Waals surface area contributed by atoms with Crippen LogP contribution in [0, 0.1) is 15.9 Å². The van der Waals surface area contributed by atoms with E-state index in [1.54, 1.807) is 0 Å². The molecule has 1 aliphatic rings. The van der Waals surface area contributed by atoms with Crippen LogP contribution in [0.1, 0.15) is 6.42 Å². The first-order valence-corrected chi connectivity index (χ1v) is 7.39. The summed E-state index contributed by atoms with van der Waals surface area (Å²) < 4.78 is 44.5. The van der Waals surface area contributed by atoms with Crippen LogP contribution in [0.15, 0.2) is 23.1 Å². The van der Waals surface area contributed by atoms with Crippen LogP contribution in [0.25, 0.3) is 0 Å². The average molecular weight is 304 g/mol. The monoisotopic (exact) mass is 304 g/mol. The van der Waals surface area contributed by atoms with Gasteiger partial charge in [-0.05, 0) is 12.5 Å². The van der Waals surface area contributed by atoms with Crippen LogP contribution in [0.3, 0.4) is 0 Å². The van der Waals surface area contributed by atoms with E-state index in [9.17, 15) is 22.9 Å². The maximum absolute atomic E-state index is 13.5. The molecule has 0 spiro atoms. The summed E-state index contributed by atoms with van der Waals surface area (Å²) >= 11 is 0. The molecule has 0 aliphatic carbocycles. The number of nitro groups is 1.